The first-order valence-electron chi connectivity index (χ1n) is 11.1. The quantitative estimate of drug-likeness (QED) is 0.547. The van der Waals surface area contributed by atoms with Gasteiger partial charge in [0, 0.05) is 17.5 Å². The van der Waals surface area contributed by atoms with Crippen LogP contribution in [0, 0.1) is 52.4 Å². The first kappa shape index (κ1) is 23.2. The Balaban J connectivity index is 1.84. The van der Waals surface area contributed by atoms with Gasteiger partial charge in [-0.2, -0.15) is 0 Å². The molecule has 2 aromatic rings. The standard InChI is InChI=1S/C25H30F4N2O/c1-12-13(2)15(4)24(5,14(12)3)25(32)30-22(16-6-18(26)10-19(27)7-16)23(31-25)17-8-20(28)11-21(29)9-17/h6-15,22-23,30-32H,1-5H3/t12?,13?,14?,15?,22-,23-,24?/m0/s1. The third-order valence-corrected chi connectivity index (χ3v) is 8.63. The van der Waals surface area contributed by atoms with Crippen molar-refractivity contribution >= 4 is 0 Å². The first-order chi connectivity index (χ1) is 14.9. The van der Waals surface area contributed by atoms with Crippen LogP contribution < -0.4 is 10.6 Å². The summed E-state index contributed by atoms with van der Waals surface area (Å²) in [6.07, 6.45) is 0. The Morgan fingerprint density at radius 3 is 1.28 bits per heavy atom. The van der Waals surface area contributed by atoms with Crippen LogP contribution in [-0.2, 0) is 0 Å². The SMILES string of the molecule is CC1C(C)C(C)C(C)(C2(O)N[C@@H](c3cc(F)cc(F)c3)[C@H](c3cc(F)cc(F)c3)N2)C1C. The number of benzene rings is 2. The van der Waals surface area contributed by atoms with Crippen LogP contribution in [-0.4, -0.2) is 11.0 Å². The van der Waals surface area contributed by atoms with E-state index >= 15 is 0 Å². The highest BCUT2D eigenvalue weighted by molar-refractivity contribution is 5.33. The van der Waals surface area contributed by atoms with E-state index < -0.39 is 46.6 Å². The average Bonchev–Trinajstić information content (AvgIpc) is 3.14. The third kappa shape index (κ3) is 3.45. The van der Waals surface area contributed by atoms with E-state index in [1.165, 1.54) is 24.3 Å². The maximum Gasteiger partial charge on any atom is 0.179 e. The summed E-state index contributed by atoms with van der Waals surface area (Å²) in [4.78, 5) is 0. The minimum Gasteiger partial charge on any atom is -0.362 e. The van der Waals surface area contributed by atoms with Gasteiger partial charge in [-0.1, -0.05) is 34.6 Å². The molecule has 4 unspecified atom stereocenters. The molecule has 2 aliphatic rings. The minimum absolute atomic E-state index is 0.0883. The second-order valence-electron chi connectivity index (χ2n) is 9.94. The van der Waals surface area contributed by atoms with Crippen molar-refractivity contribution in [2.75, 3.05) is 0 Å². The van der Waals surface area contributed by atoms with Crippen molar-refractivity contribution < 1.29 is 22.7 Å². The molecule has 3 nitrogen and oxygen atoms in total. The van der Waals surface area contributed by atoms with E-state index in [1.54, 1.807) is 0 Å². The molecule has 7 heteroatoms. The van der Waals surface area contributed by atoms with Crippen molar-refractivity contribution in [3.63, 3.8) is 0 Å². The molecule has 0 aromatic heterocycles. The molecule has 2 fully saturated rings. The summed E-state index contributed by atoms with van der Waals surface area (Å²) in [5.74, 6) is -3.90. The monoisotopic (exact) mass is 450 g/mol. The zero-order chi connectivity index (χ0) is 23.6. The topological polar surface area (TPSA) is 44.3 Å². The summed E-state index contributed by atoms with van der Waals surface area (Å²) in [6, 6.07) is 4.57. The van der Waals surface area contributed by atoms with E-state index in [2.05, 4.69) is 38.3 Å². The molecule has 3 N–H and O–H groups in total. The van der Waals surface area contributed by atoms with Gasteiger partial charge in [-0.25, -0.2) is 17.6 Å². The van der Waals surface area contributed by atoms with E-state index in [1.807, 2.05) is 6.92 Å². The molecule has 4 rings (SSSR count). The summed E-state index contributed by atoms with van der Waals surface area (Å²) in [5, 5.41) is 18.3. The van der Waals surface area contributed by atoms with Crippen LogP contribution in [0.2, 0.25) is 0 Å². The molecule has 1 aliphatic heterocycles. The molecule has 0 amide bonds. The molecule has 0 radical (unpaired) electrons. The fourth-order valence-electron chi connectivity index (χ4n) is 6.11. The minimum atomic E-state index is -1.65. The van der Waals surface area contributed by atoms with Crippen LogP contribution in [0.1, 0.15) is 57.8 Å². The van der Waals surface area contributed by atoms with Gasteiger partial charge < -0.3 is 5.11 Å². The van der Waals surface area contributed by atoms with Gasteiger partial charge in [0.15, 0.2) is 5.85 Å². The molecular weight excluding hydrogens is 420 g/mol. The van der Waals surface area contributed by atoms with Gasteiger partial charge in [0.2, 0.25) is 0 Å². The predicted molar refractivity (Wildman–Crippen MR) is 114 cm³/mol. The summed E-state index contributed by atoms with van der Waals surface area (Å²) >= 11 is 0. The van der Waals surface area contributed by atoms with Crippen LogP contribution in [0.3, 0.4) is 0 Å². The van der Waals surface area contributed by atoms with Crippen molar-refractivity contribution in [2.45, 2.75) is 52.6 Å². The average molecular weight is 451 g/mol. The van der Waals surface area contributed by atoms with Gasteiger partial charge in [0.1, 0.15) is 23.3 Å². The van der Waals surface area contributed by atoms with Crippen LogP contribution in [0.15, 0.2) is 36.4 Å². The fourth-order valence-corrected chi connectivity index (χ4v) is 6.11. The van der Waals surface area contributed by atoms with E-state index in [0.29, 0.717) is 11.8 Å². The molecular formula is C25H30F4N2O. The lowest BCUT2D eigenvalue weighted by molar-refractivity contribution is -0.149. The largest absolute Gasteiger partial charge is 0.362 e. The highest BCUT2D eigenvalue weighted by Crippen LogP contribution is 2.60. The number of rotatable bonds is 3. The molecule has 1 heterocycles. The second-order valence-corrected chi connectivity index (χ2v) is 9.94. The Bertz CT molecular complexity index is 915. The molecule has 1 aliphatic carbocycles. The lowest BCUT2D eigenvalue weighted by atomic mass is 9.69. The molecule has 32 heavy (non-hydrogen) atoms. The molecule has 0 bridgehead atoms. The van der Waals surface area contributed by atoms with Gasteiger partial charge >= 0.3 is 0 Å². The van der Waals surface area contributed by atoms with E-state index in [0.717, 1.165) is 12.1 Å². The molecule has 1 saturated heterocycles. The summed E-state index contributed by atoms with van der Waals surface area (Å²) in [5.41, 5.74) is -0.191. The lowest BCUT2D eigenvalue weighted by Crippen LogP contribution is -2.64. The fraction of sp³-hybridized carbons (Fsp3) is 0.520. The van der Waals surface area contributed by atoms with Crippen molar-refractivity contribution in [1.29, 1.82) is 0 Å². The Labute approximate surface area is 186 Å². The van der Waals surface area contributed by atoms with Crippen molar-refractivity contribution in [2.24, 2.45) is 29.1 Å². The van der Waals surface area contributed by atoms with Crippen LogP contribution in [0.4, 0.5) is 17.6 Å². The van der Waals surface area contributed by atoms with E-state index in [4.69, 9.17) is 0 Å². The number of hydrogen-bond acceptors (Lipinski definition) is 3. The highest BCUT2D eigenvalue weighted by atomic mass is 19.1. The van der Waals surface area contributed by atoms with E-state index in [9.17, 15) is 22.7 Å². The number of halogens is 4. The smallest absolute Gasteiger partial charge is 0.179 e. The van der Waals surface area contributed by atoms with Crippen LogP contribution in [0.5, 0.6) is 0 Å². The number of nitrogens with one attached hydrogen (secondary N) is 2. The summed E-state index contributed by atoms with van der Waals surface area (Å²) < 4.78 is 56.3. The van der Waals surface area contributed by atoms with Crippen molar-refractivity contribution in [3.05, 3.63) is 70.8 Å². The van der Waals surface area contributed by atoms with Gasteiger partial charge in [0.05, 0.1) is 12.1 Å². The van der Waals surface area contributed by atoms with Crippen molar-refractivity contribution in [3.8, 4) is 0 Å². The van der Waals surface area contributed by atoms with Gasteiger partial charge in [-0.05, 0) is 59.1 Å². The number of hydrogen-bond donors (Lipinski definition) is 3. The number of aliphatic hydroxyl groups is 1. The molecule has 0 spiro atoms. The predicted octanol–water partition coefficient (Wildman–Crippen LogP) is 5.43. The Hall–Kier alpha value is -1.96. The van der Waals surface area contributed by atoms with Crippen LogP contribution >= 0.6 is 0 Å². The Morgan fingerprint density at radius 1 is 0.656 bits per heavy atom. The third-order valence-electron chi connectivity index (χ3n) is 8.63. The Kier molecular flexibility index (Phi) is 5.67. The first-order valence-corrected chi connectivity index (χ1v) is 11.1. The van der Waals surface area contributed by atoms with Crippen molar-refractivity contribution in [1.82, 2.24) is 10.6 Å². The molecule has 6 atom stereocenters. The normalized spacial score (nSPS) is 36.6. The van der Waals surface area contributed by atoms with Gasteiger partial charge in [-0.3, -0.25) is 10.6 Å². The molecule has 174 valence electrons. The molecule has 2 aromatic carbocycles. The molecule has 1 saturated carbocycles. The maximum absolute atomic E-state index is 14.1. The maximum atomic E-state index is 14.1. The summed E-state index contributed by atoms with van der Waals surface area (Å²) in [6.45, 7) is 10.4. The zero-order valence-corrected chi connectivity index (χ0v) is 18.9. The second kappa shape index (κ2) is 7.82. The van der Waals surface area contributed by atoms with Gasteiger partial charge in [-0.15, -0.1) is 0 Å². The summed E-state index contributed by atoms with van der Waals surface area (Å²) in [7, 11) is 0. The highest BCUT2D eigenvalue weighted by Gasteiger charge is 2.64. The lowest BCUT2D eigenvalue weighted by Gasteiger charge is -2.47. The van der Waals surface area contributed by atoms with E-state index in [-0.39, 0.29) is 23.0 Å². The Morgan fingerprint density at radius 2 is 0.969 bits per heavy atom. The van der Waals surface area contributed by atoms with Crippen LogP contribution in [0.25, 0.3) is 0 Å². The van der Waals surface area contributed by atoms with Gasteiger partial charge in [0.25, 0.3) is 0 Å². The zero-order valence-electron chi connectivity index (χ0n) is 18.9.